The van der Waals surface area contributed by atoms with Gasteiger partial charge in [0.25, 0.3) is 0 Å². The van der Waals surface area contributed by atoms with Crippen LogP contribution >= 0.6 is 11.3 Å². The van der Waals surface area contributed by atoms with Crippen molar-refractivity contribution >= 4 is 34.2 Å². The lowest BCUT2D eigenvalue weighted by Crippen LogP contribution is -2.08. The van der Waals surface area contributed by atoms with Crippen LogP contribution in [0.3, 0.4) is 0 Å². The van der Waals surface area contributed by atoms with Crippen LogP contribution in [-0.4, -0.2) is 32.9 Å². The fraction of sp³-hybridized carbons (Fsp3) is 0.368. The largest absolute Gasteiger partial charge is 0.462 e. The summed E-state index contributed by atoms with van der Waals surface area (Å²) in [5, 5.41) is 0.773. The molecule has 0 radical (unpaired) electrons. The standard InChI is InChI=1S/C19H22N2O2S/c1-4-23-19(22)17-15-6-5-7-16(15)24-18(17)20-12-13-8-10-14(11-9-13)21(2)3/h8-12H,4-7H2,1-3H3. The first-order valence-electron chi connectivity index (χ1n) is 8.23. The first-order chi connectivity index (χ1) is 11.6. The molecule has 1 aliphatic rings. The summed E-state index contributed by atoms with van der Waals surface area (Å²) in [6.45, 7) is 2.22. The summed E-state index contributed by atoms with van der Waals surface area (Å²) in [6, 6.07) is 8.18. The second kappa shape index (κ2) is 7.18. The average molecular weight is 342 g/mol. The molecule has 0 N–H and O–H groups in total. The summed E-state index contributed by atoms with van der Waals surface area (Å²) in [5.74, 6) is -0.244. The highest BCUT2D eigenvalue weighted by Crippen LogP contribution is 2.41. The third kappa shape index (κ3) is 3.36. The van der Waals surface area contributed by atoms with Crippen molar-refractivity contribution in [1.82, 2.24) is 0 Å². The smallest absolute Gasteiger partial charge is 0.341 e. The van der Waals surface area contributed by atoms with Crippen LogP contribution in [0.25, 0.3) is 0 Å². The molecule has 1 aromatic heterocycles. The van der Waals surface area contributed by atoms with Crippen molar-refractivity contribution in [2.75, 3.05) is 25.6 Å². The predicted molar refractivity (Wildman–Crippen MR) is 100 cm³/mol. The molecular formula is C19H22N2O2S. The number of nitrogens with zero attached hydrogens (tertiary/aromatic N) is 2. The number of ether oxygens (including phenoxy) is 1. The van der Waals surface area contributed by atoms with E-state index in [1.165, 1.54) is 4.88 Å². The number of thiophene rings is 1. The van der Waals surface area contributed by atoms with E-state index in [9.17, 15) is 4.79 Å². The van der Waals surface area contributed by atoms with Crippen LogP contribution in [0.15, 0.2) is 29.3 Å². The van der Waals surface area contributed by atoms with Crippen molar-refractivity contribution < 1.29 is 9.53 Å². The van der Waals surface area contributed by atoms with E-state index in [2.05, 4.69) is 22.0 Å². The monoisotopic (exact) mass is 342 g/mol. The Kier molecular flexibility index (Phi) is 5.00. The summed E-state index contributed by atoms with van der Waals surface area (Å²) < 4.78 is 5.23. The molecule has 0 saturated carbocycles. The number of carbonyl (C=O) groups is 1. The Hall–Kier alpha value is -2.14. The van der Waals surface area contributed by atoms with Crippen molar-refractivity contribution in [3.05, 3.63) is 45.8 Å². The van der Waals surface area contributed by atoms with Gasteiger partial charge >= 0.3 is 5.97 Å². The lowest BCUT2D eigenvalue weighted by atomic mass is 10.1. The SMILES string of the molecule is CCOC(=O)c1c(N=Cc2ccc(N(C)C)cc2)sc2c1CCC2. The molecule has 1 aromatic carbocycles. The molecule has 0 aliphatic heterocycles. The van der Waals surface area contributed by atoms with Gasteiger partial charge in [0.05, 0.1) is 12.2 Å². The third-order valence-electron chi connectivity index (χ3n) is 4.12. The van der Waals surface area contributed by atoms with Crippen molar-refractivity contribution in [3.8, 4) is 0 Å². The molecule has 1 aliphatic carbocycles. The Morgan fingerprint density at radius 1 is 1.29 bits per heavy atom. The number of anilines is 1. The van der Waals surface area contributed by atoms with Gasteiger partial charge in [-0.3, -0.25) is 0 Å². The minimum absolute atomic E-state index is 0.244. The normalized spacial score (nSPS) is 13.3. The maximum atomic E-state index is 12.3. The molecule has 3 rings (SSSR count). The molecule has 4 nitrogen and oxygen atoms in total. The molecule has 0 bridgehead atoms. The number of fused-ring (bicyclic) bond motifs is 1. The minimum Gasteiger partial charge on any atom is -0.462 e. The highest BCUT2D eigenvalue weighted by atomic mass is 32.1. The Morgan fingerprint density at radius 3 is 2.71 bits per heavy atom. The lowest BCUT2D eigenvalue weighted by molar-refractivity contribution is 0.0527. The quantitative estimate of drug-likeness (QED) is 0.603. The number of benzene rings is 1. The fourth-order valence-electron chi connectivity index (χ4n) is 2.89. The molecule has 126 valence electrons. The number of hydrogen-bond acceptors (Lipinski definition) is 5. The molecule has 0 atom stereocenters. The molecule has 0 fully saturated rings. The van der Waals surface area contributed by atoms with Crippen LogP contribution < -0.4 is 4.90 Å². The Bertz CT molecular complexity index is 760. The van der Waals surface area contributed by atoms with E-state index in [0.29, 0.717) is 12.2 Å². The fourth-order valence-corrected chi connectivity index (χ4v) is 4.11. The zero-order valence-corrected chi connectivity index (χ0v) is 15.2. The van der Waals surface area contributed by atoms with Crippen molar-refractivity contribution in [2.45, 2.75) is 26.2 Å². The van der Waals surface area contributed by atoms with E-state index in [-0.39, 0.29) is 5.97 Å². The molecule has 2 aromatic rings. The number of hydrogen-bond donors (Lipinski definition) is 0. The van der Waals surface area contributed by atoms with Crippen LogP contribution in [0.1, 0.15) is 39.7 Å². The van der Waals surface area contributed by atoms with Gasteiger partial charge < -0.3 is 9.64 Å². The van der Waals surface area contributed by atoms with Crippen LogP contribution in [0.4, 0.5) is 10.7 Å². The van der Waals surface area contributed by atoms with E-state index >= 15 is 0 Å². The zero-order chi connectivity index (χ0) is 17.1. The van der Waals surface area contributed by atoms with Crippen LogP contribution in [-0.2, 0) is 17.6 Å². The highest BCUT2D eigenvalue weighted by Gasteiger charge is 2.27. The summed E-state index contributed by atoms with van der Waals surface area (Å²) in [5.41, 5.74) is 3.99. The summed E-state index contributed by atoms with van der Waals surface area (Å²) in [6.07, 6.45) is 4.93. The first-order valence-corrected chi connectivity index (χ1v) is 9.05. The van der Waals surface area contributed by atoms with Gasteiger partial charge in [0, 0.05) is 30.9 Å². The first kappa shape index (κ1) is 16.7. The summed E-state index contributed by atoms with van der Waals surface area (Å²) in [7, 11) is 4.03. The van der Waals surface area contributed by atoms with Crippen LogP contribution in [0, 0.1) is 0 Å². The van der Waals surface area contributed by atoms with Crippen molar-refractivity contribution in [2.24, 2.45) is 4.99 Å². The van der Waals surface area contributed by atoms with Gasteiger partial charge in [-0.2, -0.15) is 0 Å². The van der Waals surface area contributed by atoms with E-state index < -0.39 is 0 Å². The van der Waals surface area contributed by atoms with E-state index in [1.54, 1.807) is 11.3 Å². The molecule has 0 saturated heterocycles. The van der Waals surface area contributed by atoms with Gasteiger partial charge in [-0.05, 0) is 49.4 Å². The maximum Gasteiger partial charge on any atom is 0.341 e. The van der Waals surface area contributed by atoms with Gasteiger partial charge in [-0.25, -0.2) is 9.79 Å². The van der Waals surface area contributed by atoms with E-state index in [4.69, 9.17) is 4.74 Å². The van der Waals surface area contributed by atoms with Gasteiger partial charge in [0.2, 0.25) is 0 Å². The average Bonchev–Trinajstić information content (AvgIpc) is 3.13. The number of esters is 1. The Balaban J connectivity index is 1.88. The van der Waals surface area contributed by atoms with Crippen molar-refractivity contribution in [1.29, 1.82) is 0 Å². The second-order valence-corrected chi connectivity index (χ2v) is 7.09. The zero-order valence-electron chi connectivity index (χ0n) is 14.3. The third-order valence-corrected chi connectivity index (χ3v) is 5.32. The summed E-state index contributed by atoms with van der Waals surface area (Å²) in [4.78, 5) is 20.3. The molecule has 1 heterocycles. The van der Waals surface area contributed by atoms with Crippen LogP contribution in [0.5, 0.6) is 0 Å². The Morgan fingerprint density at radius 2 is 2.04 bits per heavy atom. The second-order valence-electron chi connectivity index (χ2n) is 6.00. The van der Waals surface area contributed by atoms with Crippen LogP contribution in [0.2, 0.25) is 0 Å². The predicted octanol–water partition coefficient (Wildman–Crippen LogP) is 4.23. The molecular weight excluding hydrogens is 320 g/mol. The Labute approximate surface area is 146 Å². The van der Waals surface area contributed by atoms with Gasteiger partial charge in [-0.1, -0.05) is 12.1 Å². The van der Waals surface area contributed by atoms with Gasteiger partial charge in [0.15, 0.2) is 0 Å². The number of rotatable bonds is 5. The number of aliphatic imine (C=N–C) groups is 1. The van der Waals surface area contributed by atoms with E-state index in [0.717, 1.165) is 41.1 Å². The van der Waals surface area contributed by atoms with Gasteiger partial charge in [-0.15, -0.1) is 11.3 Å². The molecule has 0 spiro atoms. The molecule has 0 unspecified atom stereocenters. The topological polar surface area (TPSA) is 41.9 Å². The number of aryl methyl sites for hydroxylation is 1. The molecule has 5 heteroatoms. The molecule has 0 amide bonds. The van der Waals surface area contributed by atoms with E-state index in [1.807, 2.05) is 39.4 Å². The lowest BCUT2D eigenvalue weighted by Gasteiger charge is -2.11. The van der Waals surface area contributed by atoms with Crippen molar-refractivity contribution in [3.63, 3.8) is 0 Å². The van der Waals surface area contributed by atoms with Gasteiger partial charge in [0.1, 0.15) is 5.00 Å². The summed E-state index contributed by atoms with van der Waals surface area (Å²) >= 11 is 1.62. The highest BCUT2D eigenvalue weighted by molar-refractivity contribution is 7.16. The molecule has 24 heavy (non-hydrogen) atoms. The number of carbonyl (C=O) groups excluding carboxylic acids is 1. The minimum atomic E-state index is -0.244. The maximum absolute atomic E-state index is 12.3.